The Kier molecular flexibility index (Phi) is 7.72. The molecule has 1 fully saturated rings. The molecule has 1 aliphatic heterocycles. The molecule has 1 aliphatic rings. The highest BCUT2D eigenvalue weighted by molar-refractivity contribution is 5.90. The van der Waals surface area contributed by atoms with E-state index in [4.69, 9.17) is 4.74 Å². The Morgan fingerprint density at radius 2 is 1.74 bits per heavy atom. The van der Waals surface area contributed by atoms with Crippen LogP contribution in [0.15, 0.2) is 54.6 Å². The van der Waals surface area contributed by atoms with Crippen molar-refractivity contribution < 1.29 is 23.4 Å². The first-order valence-corrected chi connectivity index (χ1v) is 11.4. The summed E-state index contributed by atoms with van der Waals surface area (Å²) < 4.78 is 31.9. The van der Waals surface area contributed by atoms with Crippen LogP contribution < -0.4 is 10.1 Å². The Balaban J connectivity index is 1.25. The minimum absolute atomic E-state index is 0.118. The third-order valence-electron chi connectivity index (χ3n) is 6.18. The van der Waals surface area contributed by atoms with Crippen molar-refractivity contribution >= 4 is 22.4 Å². The van der Waals surface area contributed by atoms with Crippen LogP contribution in [0.4, 0.5) is 14.5 Å². The molecule has 3 aromatic carbocycles. The molecule has 0 bridgehead atoms. The monoisotopic (exact) mass is 469 g/mol. The molecular weight excluding hydrogens is 440 g/mol. The number of aliphatic hydroxyl groups is 1. The van der Waals surface area contributed by atoms with E-state index < -0.39 is 17.7 Å². The molecule has 180 valence electrons. The number of piperazine rings is 1. The average Bonchev–Trinajstić information content (AvgIpc) is 2.82. The Bertz CT molecular complexity index is 1130. The summed E-state index contributed by atoms with van der Waals surface area (Å²) in [5, 5.41) is 15.5. The molecule has 3 aromatic rings. The SMILES string of the molecule is COc1ccc2cccc([C@@H](O)CN3CCN(CCC(=O)Nc4cc(F)cc(F)c4)CC3)c2c1. The number of hydrogen-bond acceptors (Lipinski definition) is 5. The van der Waals surface area contributed by atoms with Crippen molar-refractivity contribution in [3.63, 3.8) is 0 Å². The molecule has 0 saturated carbocycles. The van der Waals surface area contributed by atoms with Gasteiger partial charge in [0.05, 0.1) is 13.2 Å². The zero-order chi connectivity index (χ0) is 24.1. The van der Waals surface area contributed by atoms with Crippen molar-refractivity contribution in [1.29, 1.82) is 0 Å². The molecule has 34 heavy (non-hydrogen) atoms. The van der Waals surface area contributed by atoms with Gasteiger partial charge >= 0.3 is 0 Å². The zero-order valence-electron chi connectivity index (χ0n) is 19.1. The summed E-state index contributed by atoms with van der Waals surface area (Å²) in [5.74, 6) is -0.978. The number of amides is 1. The highest BCUT2D eigenvalue weighted by Gasteiger charge is 2.21. The van der Waals surface area contributed by atoms with E-state index in [1.54, 1.807) is 7.11 Å². The smallest absolute Gasteiger partial charge is 0.225 e. The van der Waals surface area contributed by atoms with Gasteiger partial charge in [0, 0.05) is 57.4 Å². The molecule has 0 aromatic heterocycles. The fraction of sp³-hybridized carbons (Fsp3) is 0.346. The van der Waals surface area contributed by atoms with Gasteiger partial charge < -0.3 is 20.1 Å². The van der Waals surface area contributed by atoms with Gasteiger partial charge in [-0.15, -0.1) is 0 Å². The van der Waals surface area contributed by atoms with E-state index in [-0.39, 0.29) is 18.0 Å². The maximum atomic E-state index is 13.3. The van der Waals surface area contributed by atoms with Gasteiger partial charge in [0.25, 0.3) is 0 Å². The Hall–Kier alpha value is -3.07. The molecule has 1 atom stereocenters. The lowest BCUT2D eigenvalue weighted by molar-refractivity contribution is -0.116. The summed E-state index contributed by atoms with van der Waals surface area (Å²) in [4.78, 5) is 16.6. The summed E-state index contributed by atoms with van der Waals surface area (Å²) in [6, 6.07) is 14.7. The molecule has 6 nitrogen and oxygen atoms in total. The van der Waals surface area contributed by atoms with Gasteiger partial charge in [-0.3, -0.25) is 9.69 Å². The van der Waals surface area contributed by atoms with Gasteiger partial charge in [-0.1, -0.05) is 24.3 Å². The molecule has 4 rings (SSSR count). The maximum Gasteiger partial charge on any atom is 0.225 e. The number of benzene rings is 3. The van der Waals surface area contributed by atoms with Gasteiger partial charge in [-0.05, 0) is 40.6 Å². The second-order valence-corrected chi connectivity index (χ2v) is 8.55. The first kappa shape index (κ1) is 24.1. The van der Waals surface area contributed by atoms with E-state index in [2.05, 4.69) is 15.1 Å². The Morgan fingerprint density at radius 1 is 1.03 bits per heavy atom. The van der Waals surface area contributed by atoms with E-state index in [1.165, 1.54) is 0 Å². The van der Waals surface area contributed by atoms with Gasteiger partial charge in [-0.25, -0.2) is 8.78 Å². The van der Waals surface area contributed by atoms with Gasteiger partial charge in [0.15, 0.2) is 0 Å². The summed E-state index contributed by atoms with van der Waals surface area (Å²) in [5.41, 5.74) is 0.997. The molecule has 1 heterocycles. The van der Waals surface area contributed by atoms with E-state index in [1.807, 2.05) is 36.4 Å². The fourth-order valence-corrected chi connectivity index (χ4v) is 4.34. The first-order valence-electron chi connectivity index (χ1n) is 11.4. The lowest BCUT2D eigenvalue weighted by Gasteiger charge is -2.35. The Labute approximate surface area is 197 Å². The number of halogens is 2. The molecular formula is C26H29F2N3O3. The number of aliphatic hydroxyl groups excluding tert-OH is 1. The van der Waals surface area contributed by atoms with Crippen molar-refractivity contribution in [3.05, 3.63) is 71.8 Å². The van der Waals surface area contributed by atoms with Gasteiger partial charge in [-0.2, -0.15) is 0 Å². The molecule has 1 amide bonds. The largest absolute Gasteiger partial charge is 0.497 e. The summed E-state index contributed by atoms with van der Waals surface area (Å²) >= 11 is 0. The number of nitrogens with zero attached hydrogens (tertiary/aromatic N) is 2. The minimum atomic E-state index is -0.726. The van der Waals surface area contributed by atoms with Crippen LogP contribution in [0.2, 0.25) is 0 Å². The normalized spacial score (nSPS) is 15.9. The van der Waals surface area contributed by atoms with Crippen molar-refractivity contribution in [2.45, 2.75) is 12.5 Å². The second kappa shape index (κ2) is 10.9. The van der Waals surface area contributed by atoms with Gasteiger partial charge in [0.1, 0.15) is 17.4 Å². The number of β-amino-alcohol motifs (C(OH)–C–C–N with tert-alkyl or cyclic N) is 1. The van der Waals surface area contributed by atoms with Crippen LogP contribution in [0, 0.1) is 11.6 Å². The maximum absolute atomic E-state index is 13.3. The number of carbonyl (C=O) groups excluding carboxylic acids is 1. The number of ether oxygens (including phenoxy) is 1. The number of anilines is 1. The highest BCUT2D eigenvalue weighted by atomic mass is 19.1. The number of nitrogens with one attached hydrogen (secondary N) is 1. The number of rotatable bonds is 8. The van der Waals surface area contributed by atoms with Crippen LogP contribution in [-0.4, -0.2) is 67.2 Å². The van der Waals surface area contributed by atoms with Crippen molar-refractivity contribution in [3.8, 4) is 5.75 Å². The lowest BCUT2D eigenvalue weighted by atomic mass is 9.99. The lowest BCUT2D eigenvalue weighted by Crippen LogP contribution is -2.48. The predicted octanol–water partition coefficient (Wildman–Crippen LogP) is 3.81. The third-order valence-corrected chi connectivity index (χ3v) is 6.18. The molecule has 0 unspecified atom stereocenters. The minimum Gasteiger partial charge on any atom is -0.497 e. The average molecular weight is 470 g/mol. The first-order chi connectivity index (χ1) is 16.4. The highest BCUT2D eigenvalue weighted by Crippen LogP contribution is 2.28. The van der Waals surface area contributed by atoms with Crippen molar-refractivity contribution in [1.82, 2.24) is 9.80 Å². The molecule has 8 heteroatoms. The van der Waals surface area contributed by atoms with Crippen molar-refractivity contribution in [2.75, 3.05) is 51.7 Å². The summed E-state index contributed by atoms with van der Waals surface area (Å²) in [6.07, 6.45) is -0.390. The van der Waals surface area contributed by atoms with E-state index in [9.17, 15) is 18.7 Å². The van der Waals surface area contributed by atoms with Crippen LogP contribution in [0.1, 0.15) is 18.1 Å². The number of methoxy groups -OCH3 is 1. The topological polar surface area (TPSA) is 65.0 Å². The number of fused-ring (bicyclic) bond motifs is 1. The van der Waals surface area contributed by atoms with E-state index in [0.717, 1.165) is 66.5 Å². The van der Waals surface area contributed by atoms with E-state index >= 15 is 0 Å². The molecule has 1 saturated heterocycles. The molecule has 0 spiro atoms. The number of carbonyl (C=O) groups is 1. The van der Waals surface area contributed by atoms with E-state index in [0.29, 0.717) is 13.1 Å². The van der Waals surface area contributed by atoms with Crippen LogP contribution >= 0.6 is 0 Å². The standard InChI is InChI=1S/C26H29F2N3O3/c1-34-22-6-5-18-3-2-4-23(24(18)16-22)25(32)17-31-11-9-30(10-12-31)8-7-26(33)29-21-14-19(27)13-20(28)15-21/h2-6,13-16,25,32H,7-12,17H2,1H3,(H,29,33)/t25-/m0/s1. The summed E-state index contributed by atoms with van der Waals surface area (Å²) in [6.45, 7) is 4.19. The van der Waals surface area contributed by atoms with Crippen LogP contribution in [-0.2, 0) is 4.79 Å². The van der Waals surface area contributed by atoms with Gasteiger partial charge in [0.2, 0.25) is 5.91 Å². The molecule has 0 radical (unpaired) electrons. The van der Waals surface area contributed by atoms with Crippen LogP contribution in [0.5, 0.6) is 5.75 Å². The zero-order valence-corrected chi connectivity index (χ0v) is 19.1. The van der Waals surface area contributed by atoms with Crippen LogP contribution in [0.3, 0.4) is 0 Å². The molecule has 0 aliphatic carbocycles. The Morgan fingerprint density at radius 3 is 2.44 bits per heavy atom. The third kappa shape index (κ3) is 6.08. The molecule has 2 N–H and O–H groups in total. The summed E-state index contributed by atoms with van der Waals surface area (Å²) in [7, 11) is 1.63. The number of hydrogen-bond donors (Lipinski definition) is 2. The fourth-order valence-electron chi connectivity index (χ4n) is 4.34. The quantitative estimate of drug-likeness (QED) is 0.525. The second-order valence-electron chi connectivity index (χ2n) is 8.55. The van der Waals surface area contributed by atoms with Crippen LogP contribution in [0.25, 0.3) is 10.8 Å². The predicted molar refractivity (Wildman–Crippen MR) is 128 cm³/mol. The van der Waals surface area contributed by atoms with Crippen molar-refractivity contribution in [2.24, 2.45) is 0 Å².